The Hall–Kier alpha value is -2.62. The van der Waals surface area contributed by atoms with Crippen LogP contribution in [0.4, 0.5) is 0 Å². The van der Waals surface area contributed by atoms with Gasteiger partial charge in [0.05, 0.1) is 5.52 Å². The van der Waals surface area contributed by atoms with Gasteiger partial charge < -0.3 is 5.32 Å². The molecule has 0 aliphatic rings. The van der Waals surface area contributed by atoms with Gasteiger partial charge in [0.1, 0.15) is 11.7 Å². The maximum Gasteiger partial charge on any atom is 0.244 e. The lowest BCUT2D eigenvalue weighted by molar-refractivity contribution is -0.124. The van der Waals surface area contributed by atoms with E-state index >= 15 is 0 Å². The molecule has 2 aromatic carbocycles. The Morgan fingerprint density at radius 3 is 2.46 bits per heavy atom. The normalized spacial score (nSPS) is 13.6. The molecule has 4 heteroatoms. The average molecular weight is 321 g/mol. The Morgan fingerprint density at radius 1 is 1.08 bits per heavy atom. The maximum atomic E-state index is 12.5. The maximum absolute atomic E-state index is 12.5. The summed E-state index contributed by atoms with van der Waals surface area (Å²) in [6, 6.07) is 17.9. The van der Waals surface area contributed by atoms with Gasteiger partial charge in [-0.1, -0.05) is 55.5 Å². The van der Waals surface area contributed by atoms with Gasteiger partial charge in [-0.15, -0.1) is 0 Å². The molecule has 24 heavy (non-hydrogen) atoms. The molecule has 124 valence electrons. The largest absolute Gasteiger partial charge is 0.352 e. The summed E-state index contributed by atoms with van der Waals surface area (Å²) in [6.45, 7) is 5.97. The van der Waals surface area contributed by atoms with Crippen LogP contribution in [0.2, 0.25) is 0 Å². The number of hydrogen-bond acceptors (Lipinski definition) is 2. The van der Waals surface area contributed by atoms with E-state index in [9.17, 15) is 4.79 Å². The number of para-hydroxylation sites is 1. The number of carbonyl (C=O) groups is 1. The first-order valence-electron chi connectivity index (χ1n) is 8.44. The van der Waals surface area contributed by atoms with Crippen LogP contribution >= 0.6 is 0 Å². The second kappa shape index (κ2) is 6.87. The molecule has 1 heterocycles. The second-order valence-corrected chi connectivity index (χ2v) is 6.17. The van der Waals surface area contributed by atoms with E-state index in [1.54, 1.807) is 0 Å². The van der Waals surface area contributed by atoms with Crippen LogP contribution in [0.25, 0.3) is 22.2 Å². The lowest BCUT2D eigenvalue weighted by Crippen LogP contribution is -2.37. The predicted molar refractivity (Wildman–Crippen MR) is 97.8 cm³/mol. The molecule has 0 saturated carbocycles. The summed E-state index contributed by atoms with van der Waals surface area (Å²) in [6.07, 6.45) is 0.910. The van der Waals surface area contributed by atoms with Crippen LogP contribution in [-0.4, -0.2) is 21.7 Å². The summed E-state index contributed by atoms with van der Waals surface area (Å²) in [5, 5.41) is 8.87. The van der Waals surface area contributed by atoms with Gasteiger partial charge in [-0.2, -0.15) is 5.10 Å². The summed E-state index contributed by atoms with van der Waals surface area (Å²) >= 11 is 0. The topological polar surface area (TPSA) is 46.9 Å². The number of rotatable bonds is 5. The van der Waals surface area contributed by atoms with E-state index in [1.165, 1.54) is 0 Å². The van der Waals surface area contributed by atoms with Crippen LogP contribution in [-0.2, 0) is 4.79 Å². The Kier molecular flexibility index (Phi) is 4.65. The van der Waals surface area contributed by atoms with Crippen molar-refractivity contribution in [3.8, 4) is 11.3 Å². The highest BCUT2D eigenvalue weighted by molar-refractivity contribution is 5.94. The van der Waals surface area contributed by atoms with Crippen molar-refractivity contribution >= 4 is 16.8 Å². The lowest BCUT2D eigenvalue weighted by atomic mass is 10.1. The van der Waals surface area contributed by atoms with Gasteiger partial charge in [-0.05, 0) is 26.3 Å². The lowest BCUT2D eigenvalue weighted by Gasteiger charge is -2.17. The fourth-order valence-electron chi connectivity index (χ4n) is 2.77. The zero-order chi connectivity index (χ0) is 17.1. The van der Waals surface area contributed by atoms with Gasteiger partial charge in [0.2, 0.25) is 5.91 Å². The van der Waals surface area contributed by atoms with E-state index < -0.39 is 0 Å². The number of benzene rings is 2. The molecule has 1 N–H and O–H groups in total. The zero-order valence-corrected chi connectivity index (χ0v) is 14.4. The molecule has 4 nitrogen and oxygen atoms in total. The number of nitrogens with zero attached hydrogens (tertiary/aromatic N) is 2. The number of fused-ring (bicyclic) bond motifs is 1. The Balaban J connectivity index is 2.04. The minimum absolute atomic E-state index is 0.00258. The molecule has 3 aromatic rings. The molecule has 0 aliphatic heterocycles. The van der Waals surface area contributed by atoms with E-state index in [1.807, 2.05) is 67.1 Å². The number of aromatic nitrogens is 2. The third-order valence-electron chi connectivity index (χ3n) is 4.41. The molecule has 0 radical (unpaired) electrons. The van der Waals surface area contributed by atoms with Gasteiger partial charge in [0.15, 0.2) is 0 Å². The van der Waals surface area contributed by atoms with Crippen molar-refractivity contribution in [2.75, 3.05) is 0 Å². The summed E-state index contributed by atoms with van der Waals surface area (Å²) < 4.78 is 1.83. The summed E-state index contributed by atoms with van der Waals surface area (Å²) in [5.41, 5.74) is 2.94. The smallest absolute Gasteiger partial charge is 0.244 e. The standard InChI is InChI=1S/C20H23N3O/c1-4-14(2)21-20(24)15(3)23-18-13-9-8-12-17(18)19(22-23)16-10-6-5-7-11-16/h5-15H,4H2,1-3H3,(H,21,24)/t14-,15-/m1/s1. The van der Waals surface area contributed by atoms with Gasteiger partial charge in [0, 0.05) is 17.0 Å². The number of amides is 1. The monoisotopic (exact) mass is 321 g/mol. The highest BCUT2D eigenvalue weighted by Crippen LogP contribution is 2.29. The molecule has 0 fully saturated rings. The molecule has 1 amide bonds. The number of carbonyl (C=O) groups excluding carboxylic acids is 1. The number of hydrogen-bond donors (Lipinski definition) is 1. The van der Waals surface area contributed by atoms with Gasteiger partial charge in [-0.3, -0.25) is 9.48 Å². The summed E-state index contributed by atoms with van der Waals surface area (Å²) in [7, 11) is 0. The molecule has 3 rings (SSSR count). The first-order valence-corrected chi connectivity index (χ1v) is 8.44. The quantitative estimate of drug-likeness (QED) is 0.766. The third kappa shape index (κ3) is 3.04. The Labute approximate surface area is 142 Å². The molecule has 1 aromatic heterocycles. The van der Waals surface area contributed by atoms with E-state index in [0.29, 0.717) is 0 Å². The molecule has 0 bridgehead atoms. The van der Waals surface area contributed by atoms with Crippen molar-refractivity contribution in [1.82, 2.24) is 15.1 Å². The molecule has 2 atom stereocenters. The minimum atomic E-state index is -0.360. The predicted octanol–water partition coefficient (Wildman–Crippen LogP) is 4.18. The number of nitrogens with one attached hydrogen (secondary N) is 1. The van der Waals surface area contributed by atoms with Crippen molar-refractivity contribution in [3.63, 3.8) is 0 Å². The van der Waals surface area contributed by atoms with Crippen LogP contribution in [0.3, 0.4) is 0 Å². The molecule has 0 spiro atoms. The average Bonchev–Trinajstić information content (AvgIpc) is 3.01. The highest BCUT2D eigenvalue weighted by Gasteiger charge is 2.21. The third-order valence-corrected chi connectivity index (χ3v) is 4.41. The first kappa shape index (κ1) is 16.2. The van der Waals surface area contributed by atoms with Crippen molar-refractivity contribution in [1.29, 1.82) is 0 Å². The van der Waals surface area contributed by atoms with Crippen molar-refractivity contribution < 1.29 is 4.79 Å². The Bertz CT molecular complexity index is 838. The highest BCUT2D eigenvalue weighted by atomic mass is 16.2. The molecule has 0 aliphatic carbocycles. The van der Waals surface area contributed by atoms with E-state index in [4.69, 9.17) is 5.10 Å². The van der Waals surface area contributed by atoms with Gasteiger partial charge >= 0.3 is 0 Å². The fraction of sp³-hybridized carbons (Fsp3) is 0.300. The minimum Gasteiger partial charge on any atom is -0.352 e. The van der Waals surface area contributed by atoms with Crippen LogP contribution in [0.5, 0.6) is 0 Å². The fourth-order valence-corrected chi connectivity index (χ4v) is 2.77. The Morgan fingerprint density at radius 2 is 1.75 bits per heavy atom. The van der Waals surface area contributed by atoms with Crippen molar-refractivity contribution in [2.45, 2.75) is 39.3 Å². The van der Waals surface area contributed by atoms with Crippen LogP contribution in [0.15, 0.2) is 54.6 Å². The van der Waals surface area contributed by atoms with E-state index in [0.717, 1.165) is 28.6 Å². The van der Waals surface area contributed by atoms with Crippen LogP contribution in [0, 0.1) is 0 Å². The van der Waals surface area contributed by atoms with Crippen molar-refractivity contribution in [2.24, 2.45) is 0 Å². The zero-order valence-electron chi connectivity index (χ0n) is 14.4. The summed E-state index contributed by atoms with van der Waals surface area (Å²) in [5.74, 6) is -0.00258. The van der Waals surface area contributed by atoms with Crippen LogP contribution < -0.4 is 5.32 Å². The molecule has 0 saturated heterocycles. The van der Waals surface area contributed by atoms with E-state index in [2.05, 4.69) is 18.3 Å². The first-order chi connectivity index (χ1) is 11.6. The van der Waals surface area contributed by atoms with Gasteiger partial charge in [0.25, 0.3) is 0 Å². The molecular formula is C20H23N3O. The SMILES string of the molecule is CC[C@@H](C)NC(=O)[C@@H](C)n1nc(-c2ccccc2)c2ccccc21. The summed E-state index contributed by atoms with van der Waals surface area (Å²) in [4.78, 5) is 12.5. The van der Waals surface area contributed by atoms with Crippen molar-refractivity contribution in [3.05, 3.63) is 54.6 Å². The molecular weight excluding hydrogens is 298 g/mol. The van der Waals surface area contributed by atoms with Gasteiger partial charge in [-0.25, -0.2) is 0 Å². The van der Waals surface area contributed by atoms with Crippen LogP contribution in [0.1, 0.15) is 33.2 Å². The van der Waals surface area contributed by atoms with E-state index in [-0.39, 0.29) is 18.0 Å². The second-order valence-electron chi connectivity index (χ2n) is 6.17. The molecule has 0 unspecified atom stereocenters.